The van der Waals surface area contributed by atoms with Crippen molar-refractivity contribution in [3.05, 3.63) is 65.7 Å². The SMILES string of the molecule is COc1ccc(C(CC(=O)N2CCOCC2)c2ccc3c(OC)cccc3c2O)cc1. The summed E-state index contributed by atoms with van der Waals surface area (Å²) in [5.74, 6) is 1.37. The van der Waals surface area contributed by atoms with Crippen LogP contribution in [0, 0.1) is 0 Å². The predicted octanol–water partition coefficient (Wildman–Crippen LogP) is 3.94. The molecule has 4 rings (SSSR count). The van der Waals surface area contributed by atoms with Crippen LogP contribution >= 0.6 is 0 Å². The number of rotatable bonds is 6. The van der Waals surface area contributed by atoms with Gasteiger partial charge < -0.3 is 24.2 Å². The quantitative estimate of drug-likeness (QED) is 0.653. The van der Waals surface area contributed by atoms with Crippen LogP contribution in [0.25, 0.3) is 10.8 Å². The topological polar surface area (TPSA) is 68.2 Å². The maximum Gasteiger partial charge on any atom is 0.223 e. The van der Waals surface area contributed by atoms with Crippen molar-refractivity contribution in [2.45, 2.75) is 12.3 Å². The molecule has 1 unspecified atom stereocenters. The number of ether oxygens (including phenoxy) is 3. The molecule has 1 aliphatic heterocycles. The zero-order valence-corrected chi connectivity index (χ0v) is 17.8. The number of morpholine rings is 1. The van der Waals surface area contributed by atoms with Crippen molar-refractivity contribution in [1.29, 1.82) is 0 Å². The Kier molecular flexibility index (Phi) is 6.28. The zero-order valence-electron chi connectivity index (χ0n) is 17.8. The first-order chi connectivity index (χ1) is 15.1. The van der Waals surface area contributed by atoms with Gasteiger partial charge in [0.15, 0.2) is 0 Å². The molecule has 6 heteroatoms. The number of benzene rings is 3. The van der Waals surface area contributed by atoms with E-state index in [1.807, 2.05) is 59.5 Å². The van der Waals surface area contributed by atoms with E-state index in [9.17, 15) is 9.90 Å². The Labute approximate surface area is 182 Å². The van der Waals surface area contributed by atoms with Crippen molar-refractivity contribution < 1.29 is 24.1 Å². The van der Waals surface area contributed by atoms with Gasteiger partial charge >= 0.3 is 0 Å². The molecule has 3 aromatic rings. The maximum absolute atomic E-state index is 13.1. The van der Waals surface area contributed by atoms with Gasteiger partial charge in [0, 0.05) is 41.8 Å². The molecular formula is C25H27NO5. The summed E-state index contributed by atoms with van der Waals surface area (Å²) >= 11 is 0. The van der Waals surface area contributed by atoms with Crippen LogP contribution in [0.4, 0.5) is 0 Å². The molecule has 0 aromatic heterocycles. The van der Waals surface area contributed by atoms with E-state index in [0.29, 0.717) is 43.0 Å². The molecule has 0 saturated carbocycles. The van der Waals surface area contributed by atoms with Gasteiger partial charge in [0.05, 0.1) is 27.4 Å². The van der Waals surface area contributed by atoms with E-state index in [1.165, 1.54) is 0 Å². The summed E-state index contributed by atoms with van der Waals surface area (Å²) in [6.45, 7) is 2.30. The second-order valence-corrected chi connectivity index (χ2v) is 7.58. The molecule has 1 aliphatic rings. The third kappa shape index (κ3) is 4.30. The lowest BCUT2D eigenvalue weighted by atomic mass is 9.86. The van der Waals surface area contributed by atoms with Gasteiger partial charge in [-0.2, -0.15) is 0 Å². The van der Waals surface area contributed by atoms with Crippen LogP contribution in [0.15, 0.2) is 54.6 Å². The van der Waals surface area contributed by atoms with Crippen LogP contribution in [0.1, 0.15) is 23.5 Å². The Morgan fingerprint density at radius 3 is 2.42 bits per heavy atom. The molecule has 1 atom stereocenters. The summed E-state index contributed by atoms with van der Waals surface area (Å²) in [5.41, 5.74) is 1.66. The van der Waals surface area contributed by atoms with E-state index < -0.39 is 0 Å². The standard InChI is InChI=1S/C25H27NO5/c1-29-18-8-6-17(7-9-18)22(16-24(27)26-12-14-31-15-13-26)21-11-10-19-20(25(21)28)4-3-5-23(19)30-2/h3-11,22,28H,12-16H2,1-2H3. The zero-order chi connectivity index (χ0) is 21.8. The lowest BCUT2D eigenvalue weighted by Crippen LogP contribution is -2.41. The normalized spacial score (nSPS) is 15.0. The van der Waals surface area contributed by atoms with E-state index >= 15 is 0 Å². The molecule has 1 saturated heterocycles. The number of carbonyl (C=O) groups is 1. The fraction of sp³-hybridized carbons (Fsp3) is 0.320. The van der Waals surface area contributed by atoms with Crippen LogP contribution in [0.2, 0.25) is 0 Å². The van der Waals surface area contributed by atoms with Gasteiger partial charge in [-0.3, -0.25) is 4.79 Å². The summed E-state index contributed by atoms with van der Waals surface area (Å²) in [5, 5.41) is 12.7. The summed E-state index contributed by atoms with van der Waals surface area (Å²) in [7, 11) is 3.23. The van der Waals surface area contributed by atoms with Gasteiger partial charge in [0.25, 0.3) is 0 Å². The molecule has 31 heavy (non-hydrogen) atoms. The molecule has 1 amide bonds. The minimum absolute atomic E-state index is 0.0502. The lowest BCUT2D eigenvalue weighted by molar-refractivity contribution is -0.135. The Balaban J connectivity index is 1.76. The number of fused-ring (bicyclic) bond motifs is 1. The van der Waals surface area contributed by atoms with Gasteiger partial charge in [-0.25, -0.2) is 0 Å². The maximum atomic E-state index is 13.1. The number of hydrogen-bond donors (Lipinski definition) is 1. The molecule has 1 heterocycles. The fourth-order valence-corrected chi connectivity index (χ4v) is 4.15. The van der Waals surface area contributed by atoms with Gasteiger partial charge in [0.1, 0.15) is 17.2 Å². The second-order valence-electron chi connectivity index (χ2n) is 7.58. The molecular weight excluding hydrogens is 394 g/mol. The highest BCUT2D eigenvalue weighted by Gasteiger charge is 2.26. The van der Waals surface area contributed by atoms with E-state index in [4.69, 9.17) is 14.2 Å². The van der Waals surface area contributed by atoms with Gasteiger partial charge in [-0.05, 0) is 23.8 Å². The highest BCUT2D eigenvalue weighted by molar-refractivity contribution is 5.94. The first-order valence-electron chi connectivity index (χ1n) is 10.4. The number of carbonyl (C=O) groups excluding carboxylic acids is 1. The highest BCUT2D eigenvalue weighted by Crippen LogP contribution is 2.41. The minimum Gasteiger partial charge on any atom is -0.507 e. The summed E-state index contributed by atoms with van der Waals surface area (Å²) in [4.78, 5) is 14.9. The first kappa shape index (κ1) is 21.0. The average Bonchev–Trinajstić information content (AvgIpc) is 2.83. The van der Waals surface area contributed by atoms with Gasteiger partial charge in [-0.1, -0.05) is 36.4 Å². The average molecular weight is 421 g/mol. The van der Waals surface area contributed by atoms with Gasteiger partial charge in [-0.15, -0.1) is 0 Å². The lowest BCUT2D eigenvalue weighted by Gasteiger charge is -2.29. The summed E-state index contributed by atoms with van der Waals surface area (Å²) in [6.07, 6.45) is 0.259. The van der Waals surface area contributed by atoms with Crippen LogP contribution in [0.5, 0.6) is 17.2 Å². The van der Waals surface area contributed by atoms with Crippen LogP contribution < -0.4 is 9.47 Å². The number of nitrogens with zero attached hydrogens (tertiary/aromatic N) is 1. The predicted molar refractivity (Wildman–Crippen MR) is 119 cm³/mol. The van der Waals surface area contributed by atoms with Gasteiger partial charge in [0.2, 0.25) is 5.91 Å². The highest BCUT2D eigenvalue weighted by atomic mass is 16.5. The van der Waals surface area contributed by atoms with Crippen molar-refractivity contribution in [3.8, 4) is 17.2 Å². The number of aromatic hydroxyl groups is 1. The third-order valence-electron chi connectivity index (χ3n) is 5.88. The summed E-state index contributed by atoms with van der Waals surface area (Å²) < 4.78 is 16.1. The molecule has 1 N–H and O–H groups in total. The van der Waals surface area contributed by atoms with Crippen molar-refractivity contribution in [2.24, 2.45) is 0 Å². The van der Waals surface area contributed by atoms with E-state index in [-0.39, 0.29) is 24.0 Å². The Hall–Kier alpha value is -3.25. The van der Waals surface area contributed by atoms with E-state index in [1.54, 1.807) is 14.2 Å². The fourth-order valence-electron chi connectivity index (χ4n) is 4.15. The molecule has 3 aromatic carbocycles. The number of phenols is 1. The molecule has 0 radical (unpaired) electrons. The van der Waals surface area contributed by atoms with Crippen molar-refractivity contribution in [1.82, 2.24) is 4.90 Å². The Morgan fingerprint density at radius 2 is 1.74 bits per heavy atom. The molecule has 1 fully saturated rings. The molecule has 0 aliphatic carbocycles. The number of phenolic OH excluding ortho intramolecular Hbond substituents is 1. The molecule has 6 nitrogen and oxygen atoms in total. The third-order valence-corrected chi connectivity index (χ3v) is 5.88. The monoisotopic (exact) mass is 421 g/mol. The first-order valence-corrected chi connectivity index (χ1v) is 10.4. The number of amides is 1. The van der Waals surface area contributed by atoms with Crippen molar-refractivity contribution in [3.63, 3.8) is 0 Å². The van der Waals surface area contributed by atoms with E-state index in [2.05, 4.69) is 0 Å². The summed E-state index contributed by atoms with van der Waals surface area (Å²) in [6, 6.07) is 17.1. The minimum atomic E-state index is -0.295. The van der Waals surface area contributed by atoms with Crippen LogP contribution in [-0.4, -0.2) is 56.4 Å². The molecule has 162 valence electrons. The molecule has 0 bridgehead atoms. The van der Waals surface area contributed by atoms with Crippen LogP contribution in [-0.2, 0) is 9.53 Å². The second kappa shape index (κ2) is 9.27. The number of methoxy groups -OCH3 is 2. The molecule has 0 spiro atoms. The Morgan fingerprint density at radius 1 is 1.00 bits per heavy atom. The number of hydrogen-bond acceptors (Lipinski definition) is 5. The van der Waals surface area contributed by atoms with Crippen molar-refractivity contribution in [2.75, 3.05) is 40.5 Å². The van der Waals surface area contributed by atoms with E-state index in [0.717, 1.165) is 16.7 Å². The smallest absolute Gasteiger partial charge is 0.223 e. The van der Waals surface area contributed by atoms with Crippen molar-refractivity contribution >= 4 is 16.7 Å². The Bertz CT molecular complexity index is 1060. The largest absolute Gasteiger partial charge is 0.507 e. The van der Waals surface area contributed by atoms with Crippen LogP contribution in [0.3, 0.4) is 0 Å².